The SMILES string of the molecule is CSc1ccc(Nc2nc(Cl)nc(-n3cncn3)n2)cc1. The van der Waals surface area contributed by atoms with E-state index in [4.69, 9.17) is 11.6 Å². The van der Waals surface area contributed by atoms with E-state index in [1.54, 1.807) is 11.8 Å². The molecule has 9 heteroatoms. The summed E-state index contributed by atoms with van der Waals surface area (Å²) in [5, 5.41) is 7.13. The molecule has 0 atom stereocenters. The van der Waals surface area contributed by atoms with Crippen LogP contribution in [-0.2, 0) is 0 Å². The van der Waals surface area contributed by atoms with Gasteiger partial charge in [-0.2, -0.15) is 24.7 Å². The van der Waals surface area contributed by atoms with Crippen LogP contribution < -0.4 is 5.32 Å². The van der Waals surface area contributed by atoms with E-state index >= 15 is 0 Å². The highest BCUT2D eigenvalue weighted by molar-refractivity contribution is 7.98. The molecule has 2 aromatic heterocycles. The van der Waals surface area contributed by atoms with E-state index in [2.05, 4.69) is 30.4 Å². The Labute approximate surface area is 129 Å². The molecule has 2 heterocycles. The number of hydrogen-bond acceptors (Lipinski definition) is 7. The Bertz CT molecular complexity index is 730. The smallest absolute Gasteiger partial charge is 0.258 e. The van der Waals surface area contributed by atoms with Gasteiger partial charge >= 0.3 is 0 Å². The zero-order chi connectivity index (χ0) is 14.7. The monoisotopic (exact) mass is 319 g/mol. The van der Waals surface area contributed by atoms with E-state index in [1.807, 2.05) is 30.5 Å². The van der Waals surface area contributed by atoms with Gasteiger partial charge in [-0.25, -0.2) is 4.98 Å². The minimum Gasteiger partial charge on any atom is -0.324 e. The Morgan fingerprint density at radius 1 is 1.14 bits per heavy atom. The molecule has 0 aliphatic rings. The van der Waals surface area contributed by atoms with Crippen molar-refractivity contribution < 1.29 is 0 Å². The third kappa shape index (κ3) is 3.29. The van der Waals surface area contributed by atoms with Crippen LogP contribution in [0.3, 0.4) is 0 Å². The van der Waals surface area contributed by atoms with E-state index in [0.29, 0.717) is 11.9 Å². The molecule has 106 valence electrons. The van der Waals surface area contributed by atoms with Crippen LogP contribution in [0.4, 0.5) is 11.6 Å². The summed E-state index contributed by atoms with van der Waals surface area (Å²) in [6, 6.07) is 7.90. The zero-order valence-corrected chi connectivity index (χ0v) is 12.5. The summed E-state index contributed by atoms with van der Waals surface area (Å²) in [7, 11) is 0. The molecule has 0 saturated heterocycles. The van der Waals surface area contributed by atoms with Crippen molar-refractivity contribution in [2.75, 3.05) is 11.6 Å². The first-order valence-corrected chi connectivity index (χ1v) is 7.52. The molecule has 0 unspecified atom stereocenters. The average molecular weight is 320 g/mol. The maximum atomic E-state index is 5.91. The van der Waals surface area contributed by atoms with Gasteiger partial charge in [0, 0.05) is 10.6 Å². The van der Waals surface area contributed by atoms with Crippen molar-refractivity contribution in [2.24, 2.45) is 0 Å². The van der Waals surface area contributed by atoms with Gasteiger partial charge in [0.1, 0.15) is 12.7 Å². The summed E-state index contributed by atoms with van der Waals surface area (Å²) in [4.78, 5) is 17.3. The first-order chi connectivity index (χ1) is 10.2. The van der Waals surface area contributed by atoms with Gasteiger partial charge < -0.3 is 5.32 Å². The van der Waals surface area contributed by atoms with E-state index in [1.165, 1.54) is 22.2 Å². The van der Waals surface area contributed by atoms with Crippen LogP contribution in [-0.4, -0.2) is 36.0 Å². The summed E-state index contributed by atoms with van der Waals surface area (Å²) < 4.78 is 1.41. The van der Waals surface area contributed by atoms with Gasteiger partial charge in [0.15, 0.2) is 0 Å². The highest BCUT2D eigenvalue weighted by Crippen LogP contribution is 2.20. The molecule has 0 amide bonds. The molecule has 0 fully saturated rings. The Hall–Kier alpha value is -2.19. The largest absolute Gasteiger partial charge is 0.324 e. The minimum atomic E-state index is 0.0822. The molecule has 0 aliphatic heterocycles. The molecule has 0 saturated carbocycles. The van der Waals surface area contributed by atoms with Gasteiger partial charge in [0.05, 0.1) is 0 Å². The minimum absolute atomic E-state index is 0.0822. The van der Waals surface area contributed by atoms with Crippen molar-refractivity contribution in [1.29, 1.82) is 0 Å². The topological polar surface area (TPSA) is 81.4 Å². The number of anilines is 2. The normalized spacial score (nSPS) is 10.6. The number of hydrogen-bond donors (Lipinski definition) is 1. The van der Waals surface area contributed by atoms with Crippen LogP contribution in [0, 0.1) is 0 Å². The predicted octanol–water partition coefficient (Wildman–Crippen LogP) is 2.57. The van der Waals surface area contributed by atoms with Gasteiger partial charge in [-0.05, 0) is 42.1 Å². The lowest BCUT2D eigenvalue weighted by Crippen LogP contribution is -2.06. The summed E-state index contributed by atoms with van der Waals surface area (Å²) in [6.45, 7) is 0. The van der Waals surface area contributed by atoms with Gasteiger partial charge in [-0.3, -0.25) is 0 Å². The molecule has 21 heavy (non-hydrogen) atoms. The van der Waals surface area contributed by atoms with E-state index in [9.17, 15) is 0 Å². The first-order valence-electron chi connectivity index (χ1n) is 5.92. The second-order valence-corrected chi connectivity index (χ2v) is 5.14. The van der Waals surface area contributed by atoms with Crippen LogP contribution in [0.2, 0.25) is 5.28 Å². The van der Waals surface area contributed by atoms with Crippen molar-refractivity contribution >= 4 is 35.0 Å². The van der Waals surface area contributed by atoms with Crippen molar-refractivity contribution in [2.45, 2.75) is 4.90 Å². The molecular formula is C12H10ClN7S. The molecular weight excluding hydrogens is 310 g/mol. The molecule has 3 aromatic rings. The van der Waals surface area contributed by atoms with Crippen LogP contribution in [0.25, 0.3) is 5.95 Å². The van der Waals surface area contributed by atoms with Crippen molar-refractivity contribution in [1.82, 2.24) is 29.7 Å². The molecule has 0 spiro atoms. The number of nitrogens with zero attached hydrogens (tertiary/aromatic N) is 6. The van der Waals surface area contributed by atoms with Gasteiger partial charge in [-0.15, -0.1) is 11.8 Å². The Balaban J connectivity index is 1.88. The van der Waals surface area contributed by atoms with Crippen LogP contribution in [0.15, 0.2) is 41.8 Å². The summed E-state index contributed by atoms with van der Waals surface area (Å²) >= 11 is 7.59. The Morgan fingerprint density at radius 2 is 1.95 bits per heavy atom. The molecule has 1 N–H and O–H groups in total. The van der Waals surface area contributed by atoms with Crippen LogP contribution in [0.1, 0.15) is 0 Å². The first kappa shape index (κ1) is 13.8. The van der Waals surface area contributed by atoms with E-state index < -0.39 is 0 Å². The number of thioether (sulfide) groups is 1. The number of rotatable bonds is 4. The average Bonchev–Trinajstić information content (AvgIpc) is 3.02. The summed E-state index contributed by atoms with van der Waals surface area (Å²) in [6.07, 6.45) is 4.91. The molecule has 1 aromatic carbocycles. The lowest BCUT2D eigenvalue weighted by molar-refractivity contribution is 0.796. The van der Waals surface area contributed by atoms with Crippen molar-refractivity contribution in [3.8, 4) is 5.95 Å². The standard InChI is InChI=1S/C12H10ClN7S/c1-21-9-4-2-8(3-5-9)16-11-17-10(13)18-12(19-11)20-7-14-6-15-20/h2-7H,1H3,(H,16,17,18,19). The number of benzene rings is 1. The maximum Gasteiger partial charge on any atom is 0.258 e. The number of aromatic nitrogens is 6. The fourth-order valence-corrected chi connectivity index (χ4v) is 2.18. The third-order valence-electron chi connectivity index (χ3n) is 2.57. The van der Waals surface area contributed by atoms with Crippen molar-refractivity contribution in [3.63, 3.8) is 0 Å². The summed E-state index contributed by atoms with van der Waals surface area (Å²) in [5.74, 6) is 0.646. The Morgan fingerprint density at radius 3 is 2.62 bits per heavy atom. The molecule has 7 nitrogen and oxygen atoms in total. The maximum absolute atomic E-state index is 5.91. The summed E-state index contributed by atoms with van der Waals surface area (Å²) in [5.41, 5.74) is 0.861. The second kappa shape index (κ2) is 6.06. The highest BCUT2D eigenvalue weighted by Gasteiger charge is 2.07. The van der Waals surface area contributed by atoms with E-state index in [0.717, 1.165) is 5.69 Å². The fourth-order valence-electron chi connectivity index (χ4n) is 1.61. The zero-order valence-electron chi connectivity index (χ0n) is 10.9. The quantitative estimate of drug-likeness (QED) is 0.740. The van der Waals surface area contributed by atoms with E-state index in [-0.39, 0.29) is 5.28 Å². The number of nitrogens with one attached hydrogen (secondary N) is 1. The second-order valence-electron chi connectivity index (χ2n) is 3.92. The molecule has 3 rings (SSSR count). The van der Waals surface area contributed by atoms with Gasteiger partial charge in [0.2, 0.25) is 11.2 Å². The number of halogens is 1. The van der Waals surface area contributed by atoms with Gasteiger partial charge in [0.25, 0.3) is 5.95 Å². The van der Waals surface area contributed by atoms with Gasteiger partial charge in [-0.1, -0.05) is 0 Å². The third-order valence-corrected chi connectivity index (χ3v) is 3.48. The lowest BCUT2D eigenvalue weighted by atomic mass is 10.3. The van der Waals surface area contributed by atoms with Crippen LogP contribution in [0.5, 0.6) is 0 Å². The predicted molar refractivity (Wildman–Crippen MR) is 81.3 cm³/mol. The Kier molecular flexibility index (Phi) is 3.98. The fraction of sp³-hybridized carbons (Fsp3) is 0.0833. The highest BCUT2D eigenvalue weighted by atomic mass is 35.5. The molecule has 0 radical (unpaired) electrons. The lowest BCUT2D eigenvalue weighted by Gasteiger charge is -2.07. The molecule has 0 bridgehead atoms. The van der Waals surface area contributed by atoms with Crippen LogP contribution >= 0.6 is 23.4 Å². The van der Waals surface area contributed by atoms with Crippen molar-refractivity contribution in [3.05, 3.63) is 42.2 Å². The molecule has 0 aliphatic carbocycles.